The number of fused-ring (bicyclic) bond motifs is 1. The number of benzene rings is 2. The monoisotopic (exact) mass is 496 g/mol. The normalized spacial score (nSPS) is 18.8. The summed E-state index contributed by atoms with van der Waals surface area (Å²) in [5.74, 6) is -2.54. The highest BCUT2D eigenvalue weighted by Gasteiger charge is 2.46. The van der Waals surface area contributed by atoms with E-state index in [0.717, 1.165) is 16.3 Å². The zero-order chi connectivity index (χ0) is 26.5. The molecule has 3 rings (SSSR count). The molecule has 0 saturated carbocycles. The lowest BCUT2D eigenvalue weighted by Crippen LogP contribution is -2.54. The lowest BCUT2D eigenvalue weighted by molar-refractivity contribution is -0.162. The SMILES string of the molecule is C=CCO[C@H](C(=O)NOC(C)(C)C)[C@@H](Cc1ccc2ccccc2c1)C(=O)N[C@@H]1C(=O)OCC1(C)C. The van der Waals surface area contributed by atoms with Crippen molar-refractivity contribution in [2.45, 2.75) is 58.8 Å². The van der Waals surface area contributed by atoms with Crippen molar-refractivity contribution in [3.8, 4) is 0 Å². The molecule has 1 aliphatic heterocycles. The molecule has 1 fully saturated rings. The fourth-order valence-corrected chi connectivity index (χ4v) is 4.01. The number of nitrogens with one attached hydrogen (secondary N) is 2. The molecule has 2 aromatic carbocycles. The van der Waals surface area contributed by atoms with Gasteiger partial charge >= 0.3 is 5.97 Å². The van der Waals surface area contributed by atoms with E-state index in [1.165, 1.54) is 6.08 Å². The van der Waals surface area contributed by atoms with Crippen LogP contribution >= 0.6 is 0 Å². The number of carbonyl (C=O) groups is 3. The summed E-state index contributed by atoms with van der Waals surface area (Å²) in [6, 6.07) is 12.9. The summed E-state index contributed by atoms with van der Waals surface area (Å²) in [5, 5.41) is 4.90. The van der Waals surface area contributed by atoms with Crippen molar-refractivity contribution in [2.24, 2.45) is 11.3 Å². The highest BCUT2D eigenvalue weighted by molar-refractivity contribution is 5.92. The predicted octanol–water partition coefficient (Wildman–Crippen LogP) is 3.48. The van der Waals surface area contributed by atoms with E-state index >= 15 is 0 Å². The van der Waals surface area contributed by atoms with Gasteiger partial charge in [-0.05, 0) is 43.5 Å². The lowest BCUT2D eigenvalue weighted by Gasteiger charge is -2.30. The third-order valence-corrected chi connectivity index (χ3v) is 5.97. The third-order valence-electron chi connectivity index (χ3n) is 5.97. The number of esters is 1. The summed E-state index contributed by atoms with van der Waals surface area (Å²) < 4.78 is 11.0. The minimum absolute atomic E-state index is 0.0477. The van der Waals surface area contributed by atoms with Gasteiger partial charge in [-0.25, -0.2) is 10.3 Å². The van der Waals surface area contributed by atoms with Gasteiger partial charge in [0.25, 0.3) is 5.91 Å². The Morgan fingerprint density at radius 2 is 1.86 bits per heavy atom. The summed E-state index contributed by atoms with van der Waals surface area (Å²) >= 11 is 0. The van der Waals surface area contributed by atoms with Crippen LogP contribution in [0.2, 0.25) is 0 Å². The summed E-state index contributed by atoms with van der Waals surface area (Å²) in [6.07, 6.45) is 0.508. The Morgan fingerprint density at radius 3 is 2.47 bits per heavy atom. The van der Waals surface area contributed by atoms with Gasteiger partial charge in [0.1, 0.15) is 6.04 Å². The number of hydroxylamine groups is 1. The Hall–Kier alpha value is -3.23. The molecule has 3 atom stereocenters. The molecule has 2 aromatic rings. The molecule has 2 amide bonds. The van der Waals surface area contributed by atoms with Crippen molar-refractivity contribution in [1.29, 1.82) is 0 Å². The number of amides is 2. The molecular formula is C28H36N2O6. The Morgan fingerprint density at radius 1 is 1.17 bits per heavy atom. The smallest absolute Gasteiger partial charge is 0.329 e. The standard InChI is InChI=1S/C28H36N2O6/c1-7-14-34-22(25(32)30-36-27(2,3)4)21(24(31)29-23-26(33)35-17-28(23,5)6)16-18-12-13-19-10-8-9-11-20(19)15-18/h7-13,15,21-23H,1,14,16-17H2,2-6H3,(H,29,31)(H,30,32)/t21-,22+,23-/m1/s1. The maximum Gasteiger partial charge on any atom is 0.329 e. The molecule has 0 aromatic heterocycles. The number of cyclic esters (lactones) is 1. The van der Waals surface area contributed by atoms with E-state index in [-0.39, 0.29) is 19.6 Å². The molecule has 0 spiro atoms. The second kappa shape index (κ2) is 11.2. The molecule has 0 bridgehead atoms. The Bertz CT molecular complexity index is 1120. The van der Waals surface area contributed by atoms with E-state index in [1.807, 2.05) is 56.3 Å². The van der Waals surface area contributed by atoms with Crippen LogP contribution in [0.1, 0.15) is 40.2 Å². The predicted molar refractivity (Wildman–Crippen MR) is 137 cm³/mol. The molecule has 0 unspecified atom stereocenters. The van der Waals surface area contributed by atoms with E-state index in [0.29, 0.717) is 0 Å². The summed E-state index contributed by atoms with van der Waals surface area (Å²) in [7, 11) is 0. The maximum absolute atomic E-state index is 13.7. The first-order chi connectivity index (χ1) is 16.9. The van der Waals surface area contributed by atoms with Crippen LogP contribution in [0, 0.1) is 11.3 Å². The first-order valence-electron chi connectivity index (χ1n) is 12.1. The summed E-state index contributed by atoms with van der Waals surface area (Å²) in [6.45, 7) is 13.0. The van der Waals surface area contributed by atoms with E-state index in [2.05, 4.69) is 17.4 Å². The average Bonchev–Trinajstić information content (AvgIpc) is 3.08. The van der Waals surface area contributed by atoms with Crippen LogP contribution < -0.4 is 10.8 Å². The van der Waals surface area contributed by atoms with Crippen LogP contribution in [0.3, 0.4) is 0 Å². The van der Waals surface area contributed by atoms with Crippen LogP contribution in [0.15, 0.2) is 55.1 Å². The van der Waals surface area contributed by atoms with Crippen LogP contribution in [-0.2, 0) is 35.1 Å². The molecule has 2 N–H and O–H groups in total. The number of carbonyl (C=O) groups excluding carboxylic acids is 3. The minimum atomic E-state index is -1.20. The van der Waals surface area contributed by atoms with Crippen molar-refractivity contribution >= 4 is 28.6 Å². The Balaban J connectivity index is 1.94. The first kappa shape index (κ1) is 27.4. The highest BCUT2D eigenvalue weighted by atomic mass is 16.7. The maximum atomic E-state index is 13.7. The molecule has 8 nitrogen and oxygen atoms in total. The van der Waals surface area contributed by atoms with Crippen molar-refractivity contribution in [2.75, 3.05) is 13.2 Å². The second-order valence-electron chi connectivity index (χ2n) is 10.8. The van der Waals surface area contributed by atoms with Gasteiger partial charge < -0.3 is 14.8 Å². The van der Waals surface area contributed by atoms with Gasteiger partial charge in [0.15, 0.2) is 6.10 Å². The van der Waals surface area contributed by atoms with Gasteiger partial charge in [-0.15, -0.1) is 6.58 Å². The van der Waals surface area contributed by atoms with Gasteiger partial charge in [-0.3, -0.25) is 14.4 Å². The molecule has 1 heterocycles. The molecule has 0 radical (unpaired) electrons. The lowest BCUT2D eigenvalue weighted by atomic mass is 9.86. The van der Waals surface area contributed by atoms with E-state index in [9.17, 15) is 14.4 Å². The Labute approximate surface area is 212 Å². The van der Waals surface area contributed by atoms with Crippen LogP contribution in [0.4, 0.5) is 0 Å². The molecule has 1 saturated heterocycles. The summed E-state index contributed by atoms with van der Waals surface area (Å²) in [5.41, 5.74) is 2.04. The van der Waals surface area contributed by atoms with Gasteiger partial charge in [0, 0.05) is 5.41 Å². The fraction of sp³-hybridized carbons (Fsp3) is 0.464. The number of ether oxygens (including phenoxy) is 2. The third kappa shape index (κ3) is 6.92. The highest BCUT2D eigenvalue weighted by Crippen LogP contribution is 2.29. The van der Waals surface area contributed by atoms with E-state index in [4.69, 9.17) is 14.3 Å². The second-order valence-corrected chi connectivity index (χ2v) is 10.8. The zero-order valence-corrected chi connectivity index (χ0v) is 21.6. The van der Waals surface area contributed by atoms with Crippen molar-refractivity contribution in [1.82, 2.24) is 10.8 Å². The number of hydrogen-bond donors (Lipinski definition) is 2. The Kier molecular flexibility index (Phi) is 8.53. The van der Waals surface area contributed by atoms with Gasteiger partial charge in [-0.1, -0.05) is 62.4 Å². The van der Waals surface area contributed by atoms with Crippen LogP contribution in [0.25, 0.3) is 10.8 Å². The van der Waals surface area contributed by atoms with Crippen molar-refractivity contribution in [3.05, 3.63) is 60.7 Å². The van der Waals surface area contributed by atoms with E-state index < -0.39 is 46.9 Å². The van der Waals surface area contributed by atoms with Crippen LogP contribution in [0.5, 0.6) is 0 Å². The molecule has 36 heavy (non-hydrogen) atoms. The fourth-order valence-electron chi connectivity index (χ4n) is 4.01. The van der Waals surface area contributed by atoms with E-state index in [1.54, 1.807) is 20.8 Å². The molecular weight excluding hydrogens is 460 g/mol. The van der Waals surface area contributed by atoms with Gasteiger partial charge in [0.2, 0.25) is 5.91 Å². The summed E-state index contributed by atoms with van der Waals surface area (Å²) in [4.78, 5) is 44.7. The van der Waals surface area contributed by atoms with Crippen molar-refractivity contribution < 1.29 is 28.7 Å². The molecule has 0 aliphatic carbocycles. The first-order valence-corrected chi connectivity index (χ1v) is 12.1. The van der Waals surface area contributed by atoms with Crippen molar-refractivity contribution in [3.63, 3.8) is 0 Å². The average molecular weight is 497 g/mol. The minimum Gasteiger partial charge on any atom is -0.463 e. The van der Waals surface area contributed by atoms with Gasteiger partial charge in [-0.2, -0.15) is 0 Å². The number of rotatable bonds is 10. The molecule has 194 valence electrons. The zero-order valence-electron chi connectivity index (χ0n) is 21.6. The molecule has 1 aliphatic rings. The number of hydrogen-bond acceptors (Lipinski definition) is 6. The largest absolute Gasteiger partial charge is 0.463 e. The quantitative estimate of drug-likeness (QED) is 0.297. The van der Waals surface area contributed by atoms with Gasteiger partial charge in [0.05, 0.1) is 24.7 Å². The van der Waals surface area contributed by atoms with Crippen LogP contribution in [-0.4, -0.2) is 48.7 Å². The molecule has 8 heteroatoms. The topological polar surface area (TPSA) is 103 Å².